The highest BCUT2D eigenvalue weighted by Crippen LogP contribution is 2.05. The molecule has 0 aliphatic carbocycles. The topological polar surface area (TPSA) is 85.8 Å². The molecule has 0 radical (unpaired) electrons. The van der Waals surface area contributed by atoms with Gasteiger partial charge in [-0.2, -0.15) is 5.10 Å². The Hall–Kier alpha value is -2.21. The fraction of sp³-hybridized carbons (Fsp3) is 0.182. The van der Waals surface area contributed by atoms with Crippen molar-refractivity contribution in [2.45, 2.75) is 6.54 Å². The first-order valence-electron chi connectivity index (χ1n) is 5.15. The number of rotatable bonds is 3. The first kappa shape index (κ1) is 11.3. The average molecular weight is 231 g/mol. The van der Waals surface area contributed by atoms with Crippen molar-refractivity contribution in [2.24, 2.45) is 12.8 Å². The molecule has 6 nitrogen and oxygen atoms in total. The number of aromatic nitrogens is 3. The summed E-state index contributed by atoms with van der Waals surface area (Å²) in [4.78, 5) is 15.8. The zero-order valence-electron chi connectivity index (χ0n) is 9.42. The molecular formula is C11H13N5O. The van der Waals surface area contributed by atoms with Crippen molar-refractivity contribution in [3.63, 3.8) is 0 Å². The molecule has 0 bridgehead atoms. The second-order valence-corrected chi connectivity index (χ2v) is 3.58. The summed E-state index contributed by atoms with van der Waals surface area (Å²) in [5.41, 5.74) is 6.68. The number of nitrogens with one attached hydrogen (secondary N) is 1. The van der Waals surface area contributed by atoms with E-state index in [-0.39, 0.29) is 5.91 Å². The minimum Gasteiger partial charge on any atom is -0.326 e. The maximum absolute atomic E-state index is 11.8. The summed E-state index contributed by atoms with van der Waals surface area (Å²) in [6, 6.07) is 5.13. The second-order valence-electron chi connectivity index (χ2n) is 3.58. The average Bonchev–Trinajstić information content (AvgIpc) is 2.75. The lowest BCUT2D eigenvalue weighted by atomic mass is 10.2. The number of hydrogen-bond donors (Lipinski definition) is 2. The van der Waals surface area contributed by atoms with Gasteiger partial charge in [-0.15, -0.1) is 0 Å². The van der Waals surface area contributed by atoms with Crippen molar-refractivity contribution in [3.05, 3.63) is 41.9 Å². The molecule has 0 aliphatic heterocycles. The SMILES string of the molecule is Cn1ccc(NC(=O)c2ccc(CN)cn2)n1. The van der Waals surface area contributed by atoms with Gasteiger partial charge in [0.25, 0.3) is 5.91 Å². The van der Waals surface area contributed by atoms with E-state index < -0.39 is 0 Å². The maximum atomic E-state index is 11.8. The first-order chi connectivity index (χ1) is 8.19. The van der Waals surface area contributed by atoms with Crippen LogP contribution in [0.15, 0.2) is 30.6 Å². The third-order valence-corrected chi connectivity index (χ3v) is 2.25. The number of aryl methyl sites for hydroxylation is 1. The third-order valence-electron chi connectivity index (χ3n) is 2.25. The van der Waals surface area contributed by atoms with Gasteiger partial charge in [0.05, 0.1) is 0 Å². The molecule has 0 saturated carbocycles. The van der Waals surface area contributed by atoms with Crippen LogP contribution in [0, 0.1) is 0 Å². The van der Waals surface area contributed by atoms with Crippen molar-refractivity contribution in [2.75, 3.05) is 5.32 Å². The quantitative estimate of drug-likeness (QED) is 0.806. The molecule has 88 valence electrons. The lowest BCUT2D eigenvalue weighted by Gasteiger charge is -2.02. The van der Waals surface area contributed by atoms with Crippen LogP contribution in [-0.2, 0) is 13.6 Å². The molecule has 0 aromatic carbocycles. The van der Waals surface area contributed by atoms with Crippen LogP contribution in [0.2, 0.25) is 0 Å². The summed E-state index contributed by atoms with van der Waals surface area (Å²) < 4.78 is 1.61. The monoisotopic (exact) mass is 231 g/mol. The Labute approximate surface area is 98.5 Å². The number of hydrogen-bond acceptors (Lipinski definition) is 4. The van der Waals surface area contributed by atoms with Crippen molar-refractivity contribution in [3.8, 4) is 0 Å². The standard InChI is InChI=1S/C11H13N5O/c1-16-5-4-10(15-16)14-11(17)9-3-2-8(6-12)7-13-9/h2-5,7H,6,12H2,1H3,(H,14,15,17). The van der Waals surface area contributed by atoms with E-state index in [1.165, 1.54) is 0 Å². The van der Waals surface area contributed by atoms with Crippen LogP contribution in [0.1, 0.15) is 16.1 Å². The van der Waals surface area contributed by atoms with Gasteiger partial charge in [0.2, 0.25) is 0 Å². The van der Waals surface area contributed by atoms with Crippen molar-refractivity contribution < 1.29 is 4.79 Å². The molecule has 1 amide bonds. The molecule has 17 heavy (non-hydrogen) atoms. The number of anilines is 1. The maximum Gasteiger partial charge on any atom is 0.275 e. The fourth-order valence-corrected chi connectivity index (χ4v) is 1.34. The molecule has 0 fully saturated rings. The van der Waals surface area contributed by atoms with Gasteiger partial charge in [0.15, 0.2) is 5.82 Å². The Bertz CT molecular complexity index is 517. The largest absolute Gasteiger partial charge is 0.326 e. The van der Waals surface area contributed by atoms with E-state index in [0.717, 1.165) is 5.56 Å². The molecule has 0 spiro atoms. The Balaban J connectivity index is 2.09. The predicted molar refractivity (Wildman–Crippen MR) is 63.3 cm³/mol. The second kappa shape index (κ2) is 4.75. The summed E-state index contributed by atoms with van der Waals surface area (Å²) in [5.74, 6) is 0.217. The van der Waals surface area contributed by atoms with Crippen molar-refractivity contribution in [1.29, 1.82) is 0 Å². The summed E-state index contributed by atoms with van der Waals surface area (Å²) in [5, 5.41) is 6.70. The first-order valence-corrected chi connectivity index (χ1v) is 5.15. The van der Waals surface area contributed by atoms with E-state index >= 15 is 0 Å². The number of nitrogens with zero attached hydrogens (tertiary/aromatic N) is 3. The molecule has 3 N–H and O–H groups in total. The predicted octanol–water partition coefficient (Wildman–Crippen LogP) is 0.526. The summed E-state index contributed by atoms with van der Waals surface area (Å²) in [7, 11) is 1.78. The molecule has 2 aromatic rings. The summed E-state index contributed by atoms with van der Waals surface area (Å²) >= 11 is 0. The summed E-state index contributed by atoms with van der Waals surface area (Å²) in [6.07, 6.45) is 3.34. The van der Waals surface area contributed by atoms with Crippen LogP contribution in [-0.4, -0.2) is 20.7 Å². The van der Waals surface area contributed by atoms with E-state index in [1.54, 1.807) is 42.3 Å². The zero-order chi connectivity index (χ0) is 12.3. The highest BCUT2D eigenvalue weighted by atomic mass is 16.1. The highest BCUT2D eigenvalue weighted by molar-refractivity contribution is 6.02. The number of carbonyl (C=O) groups excluding carboxylic acids is 1. The van der Waals surface area contributed by atoms with E-state index in [2.05, 4.69) is 15.4 Å². The Kier molecular flexibility index (Phi) is 3.15. The molecule has 6 heteroatoms. The van der Waals surface area contributed by atoms with E-state index in [0.29, 0.717) is 18.1 Å². The van der Waals surface area contributed by atoms with Crippen LogP contribution in [0.3, 0.4) is 0 Å². The Morgan fingerprint density at radius 3 is 2.82 bits per heavy atom. The van der Waals surface area contributed by atoms with Crippen molar-refractivity contribution in [1.82, 2.24) is 14.8 Å². The molecule has 0 unspecified atom stereocenters. The molecular weight excluding hydrogens is 218 g/mol. The van der Waals surface area contributed by atoms with Crippen molar-refractivity contribution >= 4 is 11.7 Å². The minimum atomic E-state index is -0.285. The van der Waals surface area contributed by atoms with Crippen LogP contribution in [0.4, 0.5) is 5.82 Å². The van der Waals surface area contributed by atoms with Gasteiger partial charge in [0.1, 0.15) is 5.69 Å². The van der Waals surface area contributed by atoms with Gasteiger partial charge >= 0.3 is 0 Å². The van der Waals surface area contributed by atoms with Gasteiger partial charge in [-0.1, -0.05) is 6.07 Å². The van der Waals surface area contributed by atoms with E-state index in [1.807, 2.05) is 0 Å². The lowest BCUT2D eigenvalue weighted by Crippen LogP contribution is -2.14. The van der Waals surface area contributed by atoms with Gasteiger partial charge in [-0.3, -0.25) is 14.5 Å². The van der Waals surface area contributed by atoms with Crippen LogP contribution < -0.4 is 11.1 Å². The number of pyridine rings is 1. The highest BCUT2D eigenvalue weighted by Gasteiger charge is 2.08. The smallest absolute Gasteiger partial charge is 0.275 e. The molecule has 0 atom stereocenters. The summed E-state index contributed by atoms with van der Waals surface area (Å²) in [6.45, 7) is 0.412. The number of carbonyl (C=O) groups is 1. The van der Waals surface area contributed by atoms with Gasteiger partial charge in [-0.05, 0) is 11.6 Å². The molecule has 0 aliphatic rings. The molecule has 2 heterocycles. The van der Waals surface area contributed by atoms with Gasteiger partial charge in [-0.25, -0.2) is 0 Å². The molecule has 0 saturated heterocycles. The number of amides is 1. The van der Waals surface area contributed by atoms with Crippen LogP contribution in [0.5, 0.6) is 0 Å². The zero-order valence-corrected chi connectivity index (χ0v) is 9.42. The number of nitrogens with two attached hydrogens (primary N) is 1. The Morgan fingerprint density at radius 1 is 1.47 bits per heavy atom. The van der Waals surface area contributed by atoms with Crippen LogP contribution in [0.25, 0.3) is 0 Å². The molecule has 2 aromatic heterocycles. The van der Waals surface area contributed by atoms with Gasteiger partial charge < -0.3 is 11.1 Å². The third kappa shape index (κ3) is 2.67. The minimum absolute atomic E-state index is 0.285. The lowest BCUT2D eigenvalue weighted by molar-refractivity contribution is 0.102. The van der Waals surface area contributed by atoms with E-state index in [9.17, 15) is 4.79 Å². The van der Waals surface area contributed by atoms with E-state index in [4.69, 9.17) is 5.73 Å². The van der Waals surface area contributed by atoms with Crippen LogP contribution >= 0.6 is 0 Å². The normalized spacial score (nSPS) is 10.2. The fourth-order valence-electron chi connectivity index (χ4n) is 1.34. The Morgan fingerprint density at radius 2 is 2.29 bits per heavy atom. The van der Waals surface area contributed by atoms with Gasteiger partial charge in [0, 0.05) is 32.1 Å². The molecule has 2 rings (SSSR count).